The monoisotopic (exact) mass is 383 g/mol. The number of rotatable bonds is 2. The lowest BCUT2D eigenvalue weighted by molar-refractivity contribution is -0.384. The van der Waals surface area contributed by atoms with Crippen LogP contribution in [-0.2, 0) is 0 Å². The van der Waals surface area contributed by atoms with Gasteiger partial charge in [0.1, 0.15) is 0 Å². The van der Waals surface area contributed by atoms with Gasteiger partial charge in [-0.15, -0.1) is 11.3 Å². The molecule has 0 bridgehead atoms. The van der Waals surface area contributed by atoms with Crippen LogP contribution in [0.2, 0.25) is 0 Å². The van der Waals surface area contributed by atoms with E-state index in [2.05, 4.69) is 34.1 Å². The van der Waals surface area contributed by atoms with Crippen LogP contribution in [0.3, 0.4) is 0 Å². The molecule has 0 fully saturated rings. The summed E-state index contributed by atoms with van der Waals surface area (Å²) in [5.74, 6) is 0. The van der Waals surface area contributed by atoms with Gasteiger partial charge < -0.3 is 0 Å². The zero-order valence-electron chi connectivity index (χ0n) is 11.8. The van der Waals surface area contributed by atoms with Gasteiger partial charge in [0.2, 0.25) is 0 Å². The maximum Gasteiger partial charge on any atom is 0.278 e. The number of benzene rings is 3. The van der Waals surface area contributed by atoms with Crippen molar-refractivity contribution in [1.82, 2.24) is 0 Å². The van der Waals surface area contributed by atoms with Gasteiger partial charge in [-0.1, -0.05) is 52.3 Å². The Morgan fingerprint density at radius 3 is 2.52 bits per heavy atom. The summed E-state index contributed by atoms with van der Waals surface area (Å²) in [6.07, 6.45) is 0. The molecule has 0 aliphatic carbocycles. The van der Waals surface area contributed by atoms with Crippen LogP contribution in [0, 0.1) is 10.1 Å². The fourth-order valence-corrected chi connectivity index (χ4v) is 4.42. The van der Waals surface area contributed by atoms with Gasteiger partial charge in [0.05, 0.1) is 10.5 Å². The van der Waals surface area contributed by atoms with E-state index < -0.39 is 0 Å². The number of fused-ring (bicyclic) bond motifs is 3. The minimum Gasteiger partial charge on any atom is -0.258 e. The van der Waals surface area contributed by atoms with Crippen molar-refractivity contribution in [3.05, 3.63) is 75.3 Å². The van der Waals surface area contributed by atoms with Gasteiger partial charge in [-0.2, -0.15) is 0 Å². The minimum absolute atomic E-state index is 0.115. The molecule has 0 aliphatic rings. The van der Waals surface area contributed by atoms with E-state index >= 15 is 0 Å². The van der Waals surface area contributed by atoms with Crippen LogP contribution in [0.15, 0.2) is 65.1 Å². The molecule has 4 rings (SSSR count). The molecule has 0 aliphatic heterocycles. The van der Waals surface area contributed by atoms with Crippen LogP contribution in [0.25, 0.3) is 31.3 Å². The first kappa shape index (κ1) is 14.4. The first-order valence-electron chi connectivity index (χ1n) is 7.00. The number of halogens is 1. The number of nitro groups is 1. The highest BCUT2D eigenvalue weighted by molar-refractivity contribution is 9.10. The maximum atomic E-state index is 11.4. The van der Waals surface area contributed by atoms with Crippen molar-refractivity contribution in [3.8, 4) is 11.1 Å². The van der Waals surface area contributed by atoms with Crippen LogP contribution < -0.4 is 0 Å². The van der Waals surface area contributed by atoms with Crippen molar-refractivity contribution in [2.45, 2.75) is 0 Å². The highest BCUT2D eigenvalue weighted by Gasteiger charge is 2.19. The number of nitro benzene ring substituents is 1. The number of nitrogens with zero attached hydrogens (tertiary/aromatic N) is 1. The van der Waals surface area contributed by atoms with E-state index in [0.29, 0.717) is 10.0 Å². The molecule has 0 unspecified atom stereocenters. The molecule has 0 spiro atoms. The average molecular weight is 384 g/mol. The maximum absolute atomic E-state index is 11.4. The zero-order valence-corrected chi connectivity index (χ0v) is 14.2. The van der Waals surface area contributed by atoms with Crippen molar-refractivity contribution in [2.24, 2.45) is 0 Å². The van der Waals surface area contributed by atoms with Gasteiger partial charge in [-0.25, -0.2) is 0 Å². The Bertz CT molecular complexity index is 1070. The fourth-order valence-electron chi connectivity index (χ4n) is 2.84. The standard InChI is InChI=1S/C18H10BrNO2S/c19-11-8-9-12(16(10-11)20(21)22)14-5-3-6-15-13-4-1-2-7-17(13)23-18(14)15/h1-10H. The summed E-state index contributed by atoms with van der Waals surface area (Å²) in [6, 6.07) is 19.4. The quantitative estimate of drug-likeness (QED) is 0.297. The van der Waals surface area contributed by atoms with Crippen LogP contribution >= 0.6 is 27.3 Å². The highest BCUT2D eigenvalue weighted by Crippen LogP contribution is 2.42. The normalized spacial score (nSPS) is 11.2. The van der Waals surface area contributed by atoms with E-state index in [-0.39, 0.29) is 10.6 Å². The van der Waals surface area contributed by atoms with Crippen LogP contribution in [0.5, 0.6) is 0 Å². The third kappa shape index (κ3) is 2.33. The van der Waals surface area contributed by atoms with Crippen molar-refractivity contribution in [1.29, 1.82) is 0 Å². The van der Waals surface area contributed by atoms with Crippen LogP contribution in [-0.4, -0.2) is 4.92 Å². The lowest BCUT2D eigenvalue weighted by Crippen LogP contribution is -1.92. The Hall–Kier alpha value is -2.24. The van der Waals surface area contributed by atoms with E-state index in [1.165, 1.54) is 10.1 Å². The lowest BCUT2D eigenvalue weighted by atomic mass is 10.0. The molecule has 1 aromatic heterocycles. The molecule has 0 N–H and O–H groups in total. The second-order valence-corrected chi connectivity index (χ2v) is 7.17. The molecule has 0 radical (unpaired) electrons. The highest BCUT2D eigenvalue weighted by atomic mass is 79.9. The van der Waals surface area contributed by atoms with Gasteiger partial charge in [-0.05, 0) is 18.2 Å². The van der Waals surface area contributed by atoms with Gasteiger partial charge >= 0.3 is 0 Å². The zero-order chi connectivity index (χ0) is 16.0. The van der Waals surface area contributed by atoms with Gasteiger partial charge in [0.25, 0.3) is 5.69 Å². The average Bonchev–Trinajstić information content (AvgIpc) is 2.93. The molecule has 3 nitrogen and oxygen atoms in total. The predicted molar refractivity (Wildman–Crippen MR) is 99.1 cm³/mol. The molecule has 4 aromatic rings. The number of thiophene rings is 1. The Kier molecular flexibility index (Phi) is 3.39. The first-order chi connectivity index (χ1) is 11.1. The largest absolute Gasteiger partial charge is 0.278 e. The molecular weight excluding hydrogens is 374 g/mol. The topological polar surface area (TPSA) is 43.1 Å². The van der Waals surface area contributed by atoms with Crippen LogP contribution in [0.4, 0.5) is 5.69 Å². The molecule has 0 saturated carbocycles. The Morgan fingerprint density at radius 1 is 0.913 bits per heavy atom. The Morgan fingerprint density at radius 2 is 1.70 bits per heavy atom. The fraction of sp³-hybridized carbons (Fsp3) is 0. The smallest absolute Gasteiger partial charge is 0.258 e. The number of hydrogen-bond donors (Lipinski definition) is 0. The Labute approximate surface area is 144 Å². The van der Waals surface area contributed by atoms with Crippen molar-refractivity contribution < 1.29 is 4.92 Å². The second kappa shape index (κ2) is 5.44. The molecule has 0 saturated heterocycles. The van der Waals surface area contributed by atoms with E-state index in [1.54, 1.807) is 23.5 Å². The Balaban J connectivity index is 2.09. The first-order valence-corrected chi connectivity index (χ1v) is 8.60. The molecule has 112 valence electrons. The molecule has 3 aromatic carbocycles. The van der Waals surface area contributed by atoms with Gasteiger partial charge in [0.15, 0.2) is 0 Å². The van der Waals surface area contributed by atoms with E-state index in [9.17, 15) is 10.1 Å². The van der Waals surface area contributed by atoms with E-state index in [4.69, 9.17) is 0 Å². The molecular formula is C18H10BrNO2S. The minimum atomic E-state index is -0.327. The van der Waals surface area contributed by atoms with Crippen molar-refractivity contribution in [3.63, 3.8) is 0 Å². The lowest BCUT2D eigenvalue weighted by Gasteiger charge is -2.05. The molecule has 0 amide bonds. The predicted octanol–water partition coefficient (Wildman–Crippen LogP) is 6.39. The SMILES string of the molecule is O=[N+]([O-])c1cc(Br)ccc1-c1cccc2c1sc1ccccc12. The summed E-state index contributed by atoms with van der Waals surface area (Å²) < 4.78 is 2.98. The third-order valence-corrected chi connectivity index (χ3v) is 5.56. The van der Waals surface area contributed by atoms with Crippen molar-refractivity contribution in [2.75, 3.05) is 0 Å². The summed E-state index contributed by atoms with van der Waals surface area (Å²) >= 11 is 4.99. The van der Waals surface area contributed by atoms with E-state index in [0.717, 1.165) is 15.6 Å². The van der Waals surface area contributed by atoms with Gasteiger partial charge in [-0.3, -0.25) is 10.1 Å². The van der Waals surface area contributed by atoms with Crippen LogP contribution in [0.1, 0.15) is 0 Å². The third-order valence-electron chi connectivity index (χ3n) is 3.85. The van der Waals surface area contributed by atoms with E-state index in [1.807, 2.05) is 30.3 Å². The molecule has 23 heavy (non-hydrogen) atoms. The molecule has 0 atom stereocenters. The summed E-state index contributed by atoms with van der Waals surface area (Å²) in [5.41, 5.74) is 1.67. The molecule has 1 heterocycles. The molecule has 5 heteroatoms. The summed E-state index contributed by atoms with van der Waals surface area (Å²) in [7, 11) is 0. The summed E-state index contributed by atoms with van der Waals surface area (Å²) in [5, 5.41) is 13.8. The second-order valence-electron chi connectivity index (χ2n) is 5.20. The van der Waals surface area contributed by atoms with Gasteiger partial charge in [0, 0.05) is 36.3 Å². The summed E-state index contributed by atoms with van der Waals surface area (Å²) in [4.78, 5) is 11.1. The summed E-state index contributed by atoms with van der Waals surface area (Å²) in [6.45, 7) is 0. The number of hydrogen-bond acceptors (Lipinski definition) is 3. The van der Waals surface area contributed by atoms with Crippen molar-refractivity contribution >= 4 is 53.1 Å².